The molecule has 0 fully saturated rings. The summed E-state index contributed by atoms with van der Waals surface area (Å²) in [5.41, 5.74) is 1.09. The van der Waals surface area contributed by atoms with Crippen LogP contribution in [0.1, 0.15) is 5.56 Å². The number of amides is 1. The first-order chi connectivity index (χ1) is 14.5. The van der Waals surface area contributed by atoms with Gasteiger partial charge in [0.25, 0.3) is 5.56 Å². The molecule has 0 saturated heterocycles. The quantitative estimate of drug-likeness (QED) is 0.551. The minimum atomic E-state index is -0.746. The fourth-order valence-corrected chi connectivity index (χ4v) is 3.12. The van der Waals surface area contributed by atoms with Gasteiger partial charge in [-0.3, -0.25) is 9.59 Å². The maximum atomic E-state index is 13.7. The first kappa shape index (κ1) is 19.4. The first-order valence-corrected chi connectivity index (χ1v) is 9.27. The van der Waals surface area contributed by atoms with Crippen molar-refractivity contribution in [2.75, 3.05) is 0 Å². The molecule has 0 aliphatic heterocycles. The summed E-state index contributed by atoms with van der Waals surface area (Å²) in [4.78, 5) is 24.4. The van der Waals surface area contributed by atoms with Gasteiger partial charge in [0.05, 0.1) is 5.69 Å². The highest BCUT2D eigenvalue weighted by molar-refractivity contribution is 5.86. The largest absolute Gasteiger partial charge is 0.350 e. The van der Waals surface area contributed by atoms with Gasteiger partial charge >= 0.3 is 0 Å². The molecular weight excluding hydrogens is 388 g/mol. The van der Waals surface area contributed by atoms with Crippen LogP contribution in [0.15, 0.2) is 77.6 Å². The molecule has 1 amide bonds. The van der Waals surface area contributed by atoms with Gasteiger partial charge < -0.3 is 5.32 Å². The van der Waals surface area contributed by atoms with E-state index in [-0.39, 0.29) is 18.7 Å². The molecule has 1 heterocycles. The summed E-state index contributed by atoms with van der Waals surface area (Å²) in [6.07, 6.45) is 0. The first-order valence-electron chi connectivity index (χ1n) is 9.27. The summed E-state index contributed by atoms with van der Waals surface area (Å²) in [6, 6.07) is 19.8. The van der Waals surface area contributed by atoms with Crippen molar-refractivity contribution in [2.45, 2.75) is 13.1 Å². The summed E-state index contributed by atoms with van der Waals surface area (Å²) in [6.45, 7) is -0.437. The van der Waals surface area contributed by atoms with Crippen molar-refractivity contribution in [3.63, 3.8) is 0 Å². The number of benzene rings is 3. The van der Waals surface area contributed by atoms with Crippen LogP contribution in [-0.4, -0.2) is 15.7 Å². The number of halogens is 2. The number of fused-ring (bicyclic) bond motifs is 1. The molecule has 0 spiro atoms. The van der Waals surface area contributed by atoms with Crippen molar-refractivity contribution in [2.24, 2.45) is 0 Å². The van der Waals surface area contributed by atoms with Crippen molar-refractivity contribution in [3.8, 4) is 11.3 Å². The zero-order valence-corrected chi connectivity index (χ0v) is 15.8. The third-order valence-electron chi connectivity index (χ3n) is 4.70. The second-order valence-electron chi connectivity index (χ2n) is 6.79. The molecule has 1 N–H and O–H groups in total. The monoisotopic (exact) mass is 405 g/mol. The van der Waals surface area contributed by atoms with Gasteiger partial charge in [0.2, 0.25) is 5.91 Å². The van der Waals surface area contributed by atoms with E-state index in [4.69, 9.17) is 0 Å². The van der Waals surface area contributed by atoms with Crippen molar-refractivity contribution >= 4 is 16.7 Å². The van der Waals surface area contributed by atoms with E-state index in [9.17, 15) is 18.4 Å². The van der Waals surface area contributed by atoms with E-state index >= 15 is 0 Å². The van der Waals surface area contributed by atoms with Crippen molar-refractivity contribution in [3.05, 3.63) is 100 Å². The Bertz CT molecular complexity index is 1300. The molecule has 30 heavy (non-hydrogen) atoms. The summed E-state index contributed by atoms with van der Waals surface area (Å²) in [5.74, 6) is -1.95. The zero-order valence-electron chi connectivity index (χ0n) is 15.8. The lowest BCUT2D eigenvalue weighted by Crippen LogP contribution is -2.33. The fourth-order valence-electron chi connectivity index (χ4n) is 3.12. The summed E-state index contributed by atoms with van der Waals surface area (Å²) >= 11 is 0. The molecule has 4 rings (SSSR count). The van der Waals surface area contributed by atoms with E-state index in [1.807, 2.05) is 42.5 Å². The normalized spacial score (nSPS) is 10.9. The van der Waals surface area contributed by atoms with Crippen LogP contribution in [0.25, 0.3) is 22.0 Å². The third kappa shape index (κ3) is 4.25. The second kappa shape index (κ2) is 8.24. The maximum absolute atomic E-state index is 13.7. The van der Waals surface area contributed by atoms with Gasteiger partial charge in [-0.15, -0.1) is 0 Å². The molecular formula is C23H17F2N3O2. The molecule has 5 nitrogen and oxygen atoms in total. The van der Waals surface area contributed by atoms with E-state index < -0.39 is 23.1 Å². The van der Waals surface area contributed by atoms with Crippen LogP contribution in [0.3, 0.4) is 0 Å². The lowest BCUT2D eigenvalue weighted by Gasteiger charge is -2.09. The Kier molecular flexibility index (Phi) is 5.34. The van der Waals surface area contributed by atoms with Crippen LogP contribution in [0.5, 0.6) is 0 Å². The molecule has 1 aromatic heterocycles. The molecule has 150 valence electrons. The Morgan fingerprint density at radius 3 is 2.53 bits per heavy atom. The number of carbonyl (C=O) groups excluding carboxylic acids is 1. The Balaban J connectivity index is 1.51. The van der Waals surface area contributed by atoms with Crippen LogP contribution in [-0.2, 0) is 17.9 Å². The number of nitrogens with zero attached hydrogens (tertiary/aromatic N) is 2. The second-order valence-corrected chi connectivity index (χ2v) is 6.79. The standard InChI is InChI=1S/C23H17F2N3O2/c24-19-8-7-18(20(25)12-19)13-26-22(29)14-28-23(30)10-9-21(27-28)17-6-5-15-3-1-2-4-16(15)11-17/h1-12H,13-14H2,(H,26,29). The smallest absolute Gasteiger partial charge is 0.267 e. The van der Waals surface area contributed by atoms with Gasteiger partial charge in [-0.1, -0.05) is 42.5 Å². The molecule has 0 atom stereocenters. The third-order valence-corrected chi connectivity index (χ3v) is 4.70. The van der Waals surface area contributed by atoms with Crippen molar-refractivity contribution in [1.82, 2.24) is 15.1 Å². The van der Waals surface area contributed by atoms with E-state index in [1.54, 1.807) is 6.07 Å². The lowest BCUT2D eigenvalue weighted by molar-refractivity contribution is -0.122. The topological polar surface area (TPSA) is 64.0 Å². The average molecular weight is 405 g/mol. The number of nitrogens with one attached hydrogen (secondary N) is 1. The molecule has 0 aliphatic carbocycles. The van der Waals surface area contributed by atoms with Gasteiger partial charge in [-0.2, -0.15) is 5.10 Å². The van der Waals surface area contributed by atoms with Crippen LogP contribution in [0, 0.1) is 11.6 Å². The number of hydrogen-bond donors (Lipinski definition) is 1. The highest BCUT2D eigenvalue weighted by Crippen LogP contribution is 2.22. The molecule has 0 saturated carbocycles. The van der Waals surface area contributed by atoms with Crippen molar-refractivity contribution < 1.29 is 13.6 Å². The Morgan fingerprint density at radius 2 is 1.73 bits per heavy atom. The van der Waals surface area contributed by atoms with Gasteiger partial charge in [0.15, 0.2) is 0 Å². The van der Waals surface area contributed by atoms with Crippen LogP contribution in [0.4, 0.5) is 8.78 Å². The minimum Gasteiger partial charge on any atom is -0.350 e. The van der Waals surface area contributed by atoms with Crippen LogP contribution < -0.4 is 10.9 Å². The van der Waals surface area contributed by atoms with Gasteiger partial charge in [0, 0.05) is 29.8 Å². The van der Waals surface area contributed by atoms with Gasteiger partial charge in [-0.25, -0.2) is 13.5 Å². The Labute approximate surface area is 170 Å². The molecule has 0 aliphatic rings. The predicted molar refractivity (Wildman–Crippen MR) is 110 cm³/mol. The number of hydrogen-bond acceptors (Lipinski definition) is 3. The van der Waals surface area contributed by atoms with E-state index in [2.05, 4.69) is 10.4 Å². The summed E-state index contributed by atoms with van der Waals surface area (Å²) < 4.78 is 27.7. The highest BCUT2D eigenvalue weighted by atomic mass is 19.1. The molecule has 7 heteroatoms. The molecule has 0 unspecified atom stereocenters. The van der Waals surface area contributed by atoms with Gasteiger partial charge in [0.1, 0.15) is 18.2 Å². The van der Waals surface area contributed by atoms with Crippen molar-refractivity contribution in [1.29, 1.82) is 0 Å². The SMILES string of the molecule is O=C(Cn1nc(-c2ccc3ccccc3c2)ccc1=O)NCc1ccc(F)cc1F. The summed E-state index contributed by atoms with van der Waals surface area (Å²) in [7, 11) is 0. The number of aromatic nitrogens is 2. The van der Waals surface area contributed by atoms with E-state index in [0.29, 0.717) is 5.69 Å². The Morgan fingerprint density at radius 1 is 0.933 bits per heavy atom. The Hall–Kier alpha value is -3.87. The van der Waals surface area contributed by atoms with E-state index in [0.717, 1.165) is 33.2 Å². The van der Waals surface area contributed by atoms with Crippen LogP contribution in [0.2, 0.25) is 0 Å². The minimum absolute atomic E-state index is 0.121. The molecule has 0 bridgehead atoms. The average Bonchev–Trinajstić information content (AvgIpc) is 2.74. The fraction of sp³-hybridized carbons (Fsp3) is 0.0870. The van der Waals surface area contributed by atoms with Gasteiger partial charge in [-0.05, 0) is 29.0 Å². The highest BCUT2D eigenvalue weighted by Gasteiger charge is 2.10. The maximum Gasteiger partial charge on any atom is 0.267 e. The molecule has 4 aromatic rings. The molecule has 3 aromatic carbocycles. The molecule has 0 radical (unpaired) electrons. The van der Waals surface area contributed by atoms with Crippen LogP contribution >= 0.6 is 0 Å². The lowest BCUT2D eigenvalue weighted by atomic mass is 10.1. The zero-order chi connectivity index (χ0) is 21.1. The van der Waals surface area contributed by atoms with E-state index in [1.165, 1.54) is 12.1 Å². The predicted octanol–water partition coefficient (Wildman–Crippen LogP) is 3.66. The number of carbonyl (C=O) groups is 1. The number of rotatable bonds is 5. The summed E-state index contributed by atoms with van der Waals surface area (Å²) in [5, 5.41) is 8.93.